The highest BCUT2D eigenvalue weighted by molar-refractivity contribution is 7.89. The molecule has 0 saturated carbocycles. The standard InChI is InChI=1S/C19H19NO2S/c1-15(16-8-4-3-5-9-16)20(2)23(21,22)19-13-12-17-10-6-7-11-18(17)14-19/h3-15H,1-2H3. The molecule has 0 aliphatic rings. The van der Waals surface area contributed by atoms with Gasteiger partial charge in [0.2, 0.25) is 10.0 Å². The molecule has 0 aliphatic heterocycles. The predicted octanol–water partition coefficient (Wildman–Crippen LogP) is 4.22. The number of benzene rings is 3. The zero-order valence-corrected chi connectivity index (χ0v) is 14.0. The number of hydrogen-bond acceptors (Lipinski definition) is 2. The van der Waals surface area contributed by atoms with Gasteiger partial charge in [0.1, 0.15) is 0 Å². The molecule has 118 valence electrons. The van der Waals surface area contributed by atoms with Gasteiger partial charge in [0, 0.05) is 13.1 Å². The molecule has 0 heterocycles. The molecule has 3 aromatic rings. The molecule has 0 aromatic heterocycles. The summed E-state index contributed by atoms with van der Waals surface area (Å²) < 4.78 is 27.3. The summed E-state index contributed by atoms with van der Waals surface area (Å²) >= 11 is 0. The second kappa shape index (κ2) is 6.14. The predicted molar refractivity (Wildman–Crippen MR) is 93.8 cm³/mol. The average molecular weight is 325 g/mol. The van der Waals surface area contributed by atoms with Crippen LogP contribution in [0.3, 0.4) is 0 Å². The SMILES string of the molecule is CC(c1ccccc1)N(C)S(=O)(=O)c1ccc2ccccc2c1. The van der Waals surface area contributed by atoms with E-state index >= 15 is 0 Å². The van der Waals surface area contributed by atoms with Crippen molar-refractivity contribution in [1.82, 2.24) is 4.31 Å². The van der Waals surface area contributed by atoms with Gasteiger partial charge < -0.3 is 0 Å². The molecule has 1 atom stereocenters. The summed E-state index contributed by atoms with van der Waals surface area (Å²) in [5, 5.41) is 1.96. The van der Waals surface area contributed by atoms with Gasteiger partial charge in [-0.15, -0.1) is 0 Å². The van der Waals surface area contributed by atoms with E-state index in [0.717, 1.165) is 16.3 Å². The van der Waals surface area contributed by atoms with Crippen molar-refractivity contribution in [3.05, 3.63) is 78.4 Å². The number of rotatable bonds is 4. The van der Waals surface area contributed by atoms with Crippen molar-refractivity contribution >= 4 is 20.8 Å². The maximum atomic E-state index is 12.9. The molecule has 1 unspecified atom stereocenters. The molecule has 0 bridgehead atoms. The summed E-state index contributed by atoms with van der Waals surface area (Å²) in [7, 11) is -1.92. The molecule has 3 nitrogen and oxygen atoms in total. The Morgan fingerprint density at radius 3 is 2.13 bits per heavy atom. The van der Waals surface area contributed by atoms with Gasteiger partial charge >= 0.3 is 0 Å². The van der Waals surface area contributed by atoms with Crippen LogP contribution in [-0.4, -0.2) is 19.8 Å². The van der Waals surface area contributed by atoms with Crippen LogP contribution in [-0.2, 0) is 10.0 Å². The minimum Gasteiger partial charge on any atom is -0.207 e. The van der Waals surface area contributed by atoms with Crippen LogP contribution >= 0.6 is 0 Å². The largest absolute Gasteiger partial charge is 0.243 e. The molecule has 0 radical (unpaired) electrons. The van der Waals surface area contributed by atoms with E-state index in [1.165, 1.54) is 4.31 Å². The Morgan fingerprint density at radius 1 is 0.826 bits per heavy atom. The van der Waals surface area contributed by atoms with Crippen LogP contribution in [0.15, 0.2) is 77.7 Å². The highest BCUT2D eigenvalue weighted by atomic mass is 32.2. The summed E-state index contributed by atoms with van der Waals surface area (Å²) in [4.78, 5) is 0.321. The maximum absolute atomic E-state index is 12.9. The maximum Gasteiger partial charge on any atom is 0.243 e. The monoisotopic (exact) mass is 325 g/mol. The van der Waals surface area contributed by atoms with Gasteiger partial charge in [0.25, 0.3) is 0 Å². The average Bonchev–Trinajstić information content (AvgIpc) is 2.60. The van der Waals surface area contributed by atoms with Crippen molar-refractivity contribution in [2.24, 2.45) is 0 Å². The lowest BCUT2D eigenvalue weighted by Gasteiger charge is -2.24. The van der Waals surface area contributed by atoms with E-state index in [1.54, 1.807) is 19.2 Å². The molecule has 0 amide bonds. The lowest BCUT2D eigenvalue weighted by Crippen LogP contribution is -2.29. The molecular formula is C19H19NO2S. The Morgan fingerprint density at radius 2 is 1.43 bits per heavy atom. The van der Waals surface area contributed by atoms with E-state index in [1.807, 2.05) is 67.6 Å². The van der Waals surface area contributed by atoms with Crippen LogP contribution in [0.5, 0.6) is 0 Å². The van der Waals surface area contributed by atoms with Crippen LogP contribution in [0.25, 0.3) is 10.8 Å². The Balaban J connectivity index is 1.99. The third-order valence-electron chi connectivity index (χ3n) is 4.23. The third-order valence-corrected chi connectivity index (χ3v) is 6.15. The minimum atomic E-state index is -3.54. The Kier molecular flexibility index (Phi) is 4.20. The number of hydrogen-bond donors (Lipinski definition) is 0. The summed E-state index contributed by atoms with van der Waals surface area (Å²) in [6.07, 6.45) is 0. The van der Waals surface area contributed by atoms with E-state index in [2.05, 4.69) is 0 Å². The Bertz CT molecular complexity index is 920. The summed E-state index contributed by atoms with van der Waals surface area (Å²) in [5.41, 5.74) is 0.972. The molecule has 4 heteroatoms. The van der Waals surface area contributed by atoms with Crippen LogP contribution in [0.2, 0.25) is 0 Å². The quantitative estimate of drug-likeness (QED) is 0.720. The van der Waals surface area contributed by atoms with Gasteiger partial charge in [-0.25, -0.2) is 8.42 Å². The van der Waals surface area contributed by atoms with Gasteiger partial charge in [-0.05, 0) is 35.4 Å². The van der Waals surface area contributed by atoms with E-state index in [-0.39, 0.29) is 6.04 Å². The second-order valence-electron chi connectivity index (χ2n) is 5.62. The normalized spacial score (nSPS) is 13.3. The van der Waals surface area contributed by atoms with Crippen LogP contribution in [0.4, 0.5) is 0 Å². The first-order valence-corrected chi connectivity index (χ1v) is 8.96. The van der Waals surface area contributed by atoms with E-state index in [9.17, 15) is 8.42 Å². The lowest BCUT2D eigenvalue weighted by molar-refractivity contribution is 0.398. The summed E-state index contributed by atoms with van der Waals surface area (Å²) in [5.74, 6) is 0. The molecule has 0 N–H and O–H groups in total. The van der Waals surface area contributed by atoms with Gasteiger partial charge in [0.05, 0.1) is 4.90 Å². The minimum absolute atomic E-state index is 0.229. The van der Waals surface area contributed by atoms with E-state index < -0.39 is 10.0 Å². The highest BCUT2D eigenvalue weighted by Crippen LogP contribution is 2.27. The topological polar surface area (TPSA) is 37.4 Å². The Hall–Kier alpha value is -2.17. The summed E-state index contributed by atoms with van der Waals surface area (Å²) in [6.45, 7) is 1.90. The van der Waals surface area contributed by atoms with Crippen molar-refractivity contribution < 1.29 is 8.42 Å². The van der Waals surface area contributed by atoms with Crippen molar-refractivity contribution in [2.45, 2.75) is 17.9 Å². The third kappa shape index (κ3) is 3.00. The fraction of sp³-hybridized carbons (Fsp3) is 0.158. The van der Waals surface area contributed by atoms with Crippen molar-refractivity contribution in [1.29, 1.82) is 0 Å². The zero-order valence-electron chi connectivity index (χ0n) is 13.2. The van der Waals surface area contributed by atoms with Crippen molar-refractivity contribution in [3.8, 4) is 0 Å². The fourth-order valence-electron chi connectivity index (χ4n) is 2.64. The first-order valence-electron chi connectivity index (χ1n) is 7.52. The number of nitrogens with zero attached hydrogens (tertiary/aromatic N) is 1. The van der Waals surface area contributed by atoms with Gasteiger partial charge in [-0.1, -0.05) is 60.7 Å². The Labute approximate surface area is 137 Å². The van der Waals surface area contributed by atoms with E-state index in [0.29, 0.717) is 4.90 Å². The number of sulfonamides is 1. The first kappa shape index (κ1) is 15.7. The molecule has 0 fully saturated rings. The molecule has 23 heavy (non-hydrogen) atoms. The van der Waals surface area contributed by atoms with Crippen molar-refractivity contribution in [3.63, 3.8) is 0 Å². The van der Waals surface area contributed by atoms with Gasteiger partial charge in [0.15, 0.2) is 0 Å². The van der Waals surface area contributed by atoms with Crippen LogP contribution in [0.1, 0.15) is 18.5 Å². The molecule has 3 aromatic carbocycles. The van der Waals surface area contributed by atoms with Crippen LogP contribution in [0, 0.1) is 0 Å². The smallest absolute Gasteiger partial charge is 0.207 e. The molecular weight excluding hydrogens is 306 g/mol. The molecule has 3 rings (SSSR count). The van der Waals surface area contributed by atoms with Crippen molar-refractivity contribution in [2.75, 3.05) is 7.05 Å². The summed E-state index contributed by atoms with van der Waals surface area (Å²) in [6, 6.07) is 22.4. The molecule has 0 aliphatic carbocycles. The first-order chi connectivity index (χ1) is 11.0. The lowest BCUT2D eigenvalue weighted by atomic mass is 10.1. The highest BCUT2D eigenvalue weighted by Gasteiger charge is 2.26. The zero-order chi connectivity index (χ0) is 16.4. The van der Waals surface area contributed by atoms with E-state index in [4.69, 9.17) is 0 Å². The van der Waals surface area contributed by atoms with Gasteiger partial charge in [-0.2, -0.15) is 4.31 Å². The fourth-order valence-corrected chi connectivity index (χ4v) is 4.03. The molecule has 0 spiro atoms. The number of fused-ring (bicyclic) bond motifs is 1. The van der Waals surface area contributed by atoms with Crippen LogP contribution < -0.4 is 0 Å². The van der Waals surface area contributed by atoms with Gasteiger partial charge in [-0.3, -0.25) is 0 Å². The second-order valence-corrected chi connectivity index (χ2v) is 7.61. The molecule has 0 saturated heterocycles.